The van der Waals surface area contributed by atoms with Gasteiger partial charge in [-0.15, -0.1) is 0 Å². The summed E-state index contributed by atoms with van der Waals surface area (Å²) < 4.78 is 37.1. The number of nitrogen functional groups attached to an aromatic ring is 1. The number of aromatic nitrogens is 1. The molecule has 1 aromatic carbocycles. The lowest BCUT2D eigenvalue weighted by atomic mass is 9.60. The Balaban J connectivity index is 1.74. The fourth-order valence-electron chi connectivity index (χ4n) is 5.25. The van der Waals surface area contributed by atoms with E-state index in [0.717, 1.165) is 19.3 Å². The Labute approximate surface area is 170 Å². The summed E-state index contributed by atoms with van der Waals surface area (Å²) in [4.78, 5) is 25.4. The van der Waals surface area contributed by atoms with Crippen LogP contribution in [0.3, 0.4) is 0 Å². The van der Waals surface area contributed by atoms with Crippen molar-refractivity contribution in [2.75, 3.05) is 23.7 Å². The number of hydrogen-bond donors (Lipinski definition) is 3. The minimum Gasteiger partial charge on any atom is -0.449 e. The molecule has 2 saturated carbocycles. The molecule has 8 nitrogen and oxygen atoms in total. The predicted octanol–water partition coefficient (Wildman–Crippen LogP) is 2.43. The van der Waals surface area contributed by atoms with Crippen molar-refractivity contribution >= 4 is 28.4 Å². The molecule has 1 aliphatic heterocycles. The summed E-state index contributed by atoms with van der Waals surface area (Å²) >= 11 is 0. The lowest BCUT2D eigenvalue weighted by Gasteiger charge is -2.46. The predicted molar refractivity (Wildman–Crippen MR) is 106 cm³/mol. The second-order valence-electron chi connectivity index (χ2n) is 8.95. The Hall–Kier alpha value is -2.88. The maximum atomic E-state index is 15.8. The maximum Gasteiger partial charge on any atom is 0.511 e. The van der Waals surface area contributed by atoms with Crippen molar-refractivity contribution in [3.63, 3.8) is 0 Å². The summed E-state index contributed by atoms with van der Waals surface area (Å²) in [5.74, 6) is -2.30. The molecule has 3 aliphatic rings. The minimum absolute atomic E-state index is 0.00991. The van der Waals surface area contributed by atoms with Gasteiger partial charge in [0.05, 0.1) is 22.8 Å². The highest BCUT2D eigenvalue weighted by Crippen LogP contribution is 2.53. The molecule has 2 aromatic rings. The first-order valence-electron chi connectivity index (χ1n) is 9.89. The molecule has 2 heterocycles. The largest absolute Gasteiger partial charge is 0.511 e. The molecule has 2 aliphatic carbocycles. The van der Waals surface area contributed by atoms with E-state index in [4.69, 9.17) is 16.6 Å². The monoisotopic (exact) mass is 420 g/mol. The number of nitrogens with two attached hydrogens (primary N) is 2. The van der Waals surface area contributed by atoms with E-state index in [1.54, 1.807) is 4.90 Å². The number of carboxylic acid groups (broad SMARTS) is 1. The van der Waals surface area contributed by atoms with Crippen LogP contribution in [0.25, 0.3) is 10.9 Å². The molecule has 1 aromatic heterocycles. The van der Waals surface area contributed by atoms with Crippen molar-refractivity contribution in [2.24, 2.45) is 17.1 Å². The summed E-state index contributed by atoms with van der Waals surface area (Å²) in [5.41, 5.74) is 10.1. The Kier molecular flexibility index (Phi) is 3.86. The number of halogens is 2. The fraction of sp³-hybridized carbons (Fsp3) is 0.500. The smallest absolute Gasteiger partial charge is 0.449 e. The second kappa shape index (κ2) is 6.07. The molecule has 160 valence electrons. The van der Waals surface area contributed by atoms with Gasteiger partial charge in [-0.25, -0.2) is 13.6 Å². The van der Waals surface area contributed by atoms with Gasteiger partial charge in [0, 0.05) is 25.2 Å². The number of ether oxygens (including phenoxy) is 1. The van der Waals surface area contributed by atoms with E-state index in [1.165, 1.54) is 10.8 Å². The van der Waals surface area contributed by atoms with Crippen molar-refractivity contribution in [1.82, 2.24) is 4.57 Å². The molecule has 3 atom stereocenters. The molecule has 0 bridgehead atoms. The number of hydrogen-bond acceptors (Lipinski definition) is 6. The van der Waals surface area contributed by atoms with E-state index in [2.05, 4.69) is 11.7 Å². The Bertz CT molecular complexity index is 1160. The van der Waals surface area contributed by atoms with Crippen LogP contribution in [0.2, 0.25) is 0 Å². The van der Waals surface area contributed by atoms with Gasteiger partial charge < -0.3 is 30.8 Å². The SMILES string of the molecule is C[C@]12C[C@H](N)[C@@H]1CN(c1c(F)c(N)c3c(=O)c(OC(=O)O)cn(C4CC4)c3c1F)C2. The zero-order chi connectivity index (χ0) is 21.5. The molecule has 5 rings (SSSR count). The van der Waals surface area contributed by atoms with E-state index in [1.807, 2.05) is 0 Å². The Morgan fingerprint density at radius 2 is 2.03 bits per heavy atom. The van der Waals surface area contributed by atoms with Gasteiger partial charge in [-0.05, 0) is 30.6 Å². The van der Waals surface area contributed by atoms with Gasteiger partial charge in [0.15, 0.2) is 17.4 Å². The van der Waals surface area contributed by atoms with Crippen LogP contribution in [0.1, 0.15) is 32.2 Å². The number of anilines is 2. The Morgan fingerprint density at radius 1 is 1.33 bits per heavy atom. The Morgan fingerprint density at radius 3 is 2.60 bits per heavy atom. The molecule has 1 saturated heterocycles. The molecule has 0 amide bonds. The van der Waals surface area contributed by atoms with E-state index >= 15 is 8.78 Å². The molecule has 3 fully saturated rings. The van der Waals surface area contributed by atoms with E-state index in [9.17, 15) is 9.59 Å². The third-order valence-electron chi connectivity index (χ3n) is 6.87. The van der Waals surface area contributed by atoms with Crippen LogP contribution in [0, 0.1) is 23.0 Å². The maximum absolute atomic E-state index is 15.8. The molecular weight excluding hydrogens is 398 g/mol. The van der Waals surface area contributed by atoms with Crippen LogP contribution < -0.4 is 26.5 Å². The highest BCUT2D eigenvalue weighted by Gasteiger charge is 2.55. The molecule has 0 radical (unpaired) electrons. The van der Waals surface area contributed by atoms with E-state index in [-0.39, 0.29) is 34.6 Å². The standard InChI is InChI=1S/C20H22F2N4O4/c1-20-4-10(23)9(20)5-25(7-20)17-13(21)15(24)12-16(14(17)22)26(8-2-3-8)6-11(18(12)27)30-19(28)29/h6,8-10H,2-5,7,23-24H2,1H3,(H,28,29)/t9-,10-,20+/m0/s1. The molecule has 0 unspecified atom stereocenters. The summed E-state index contributed by atoms with van der Waals surface area (Å²) in [6.07, 6.45) is 1.70. The average Bonchev–Trinajstić information content (AvgIpc) is 3.46. The van der Waals surface area contributed by atoms with Gasteiger partial charge in [0.1, 0.15) is 5.69 Å². The van der Waals surface area contributed by atoms with Gasteiger partial charge in [-0.1, -0.05) is 6.92 Å². The molecule has 30 heavy (non-hydrogen) atoms. The number of benzene rings is 1. The topological polar surface area (TPSA) is 124 Å². The van der Waals surface area contributed by atoms with Crippen molar-refractivity contribution in [1.29, 1.82) is 0 Å². The van der Waals surface area contributed by atoms with Crippen LogP contribution in [-0.4, -0.2) is 35.0 Å². The number of rotatable bonds is 3. The minimum atomic E-state index is -1.69. The molecule has 5 N–H and O–H groups in total. The van der Waals surface area contributed by atoms with Gasteiger partial charge in [-0.3, -0.25) is 4.79 Å². The zero-order valence-electron chi connectivity index (χ0n) is 16.3. The van der Waals surface area contributed by atoms with Crippen LogP contribution in [-0.2, 0) is 0 Å². The van der Waals surface area contributed by atoms with Crippen molar-refractivity contribution < 1.29 is 23.4 Å². The number of pyridine rings is 1. The third kappa shape index (κ3) is 2.52. The zero-order valence-corrected chi connectivity index (χ0v) is 16.3. The number of carbonyl (C=O) groups is 1. The fourth-order valence-corrected chi connectivity index (χ4v) is 5.25. The lowest BCUT2D eigenvalue weighted by molar-refractivity contribution is 0.0771. The van der Waals surface area contributed by atoms with Gasteiger partial charge in [-0.2, -0.15) is 0 Å². The molecular formula is C20H22F2N4O4. The average molecular weight is 420 g/mol. The van der Waals surface area contributed by atoms with E-state index in [0.29, 0.717) is 13.1 Å². The van der Waals surface area contributed by atoms with Crippen LogP contribution in [0.15, 0.2) is 11.0 Å². The quantitative estimate of drug-likeness (QED) is 0.515. The van der Waals surface area contributed by atoms with Crippen LogP contribution in [0.4, 0.5) is 25.0 Å². The normalized spacial score (nSPS) is 27.8. The summed E-state index contributed by atoms with van der Waals surface area (Å²) in [6, 6.07) is -0.151. The van der Waals surface area contributed by atoms with Gasteiger partial charge >= 0.3 is 6.16 Å². The van der Waals surface area contributed by atoms with E-state index < -0.39 is 40.0 Å². The summed E-state index contributed by atoms with van der Waals surface area (Å²) in [5, 5.41) is 8.51. The second-order valence-corrected chi connectivity index (χ2v) is 8.95. The van der Waals surface area contributed by atoms with Crippen molar-refractivity contribution in [2.45, 2.75) is 38.3 Å². The molecule has 10 heteroatoms. The van der Waals surface area contributed by atoms with Crippen LogP contribution in [0.5, 0.6) is 5.75 Å². The van der Waals surface area contributed by atoms with Crippen LogP contribution >= 0.6 is 0 Å². The molecule has 0 spiro atoms. The highest BCUT2D eigenvalue weighted by molar-refractivity contribution is 5.96. The van der Waals surface area contributed by atoms with Crippen molar-refractivity contribution in [3.8, 4) is 5.75 Å². The summed E-state index contributed by atoms with van der Waals surface area (Å²) in [6.45, 7) is 2.90. The number of nitrogens with zero attached hydrogens (tertiary/aromatic N) is 2. The lowest BCUT2D eigenvalue weighted by Crippen LogP contribution is -2.53. The van der Waals surface area contributed by atoms with Gasteiger partial charge in [0.2, 0.25) is 5.43 Å². The third-order valence-corrected chi connectivity index (χ3v) is 6.87. The highest BCUT2D eigenvalue weighted by atomic mass is 19.1. The van der Waals surface area contributed by atoms with Gasteiger partial charge in [0.25, 0.3) is 0 Å². The number of fused-ring (bicyclic) bond motifs is 2. The summed E-state index contributed by atoms with van der Waals surface area (Å²) in [7, 11) is 0. The van der Waals surface area contributed by atoms with Crippen molar-refractivity contribution in [3.05, 3.63) is 28.1 Å². The first-order valence-corrected chi connectivity index (χ1v) is 9.89. The first-order chi connectivity index (χ1) is 14.1. The first kappa shape index (κ1) is 19.1.